The van der Waals surface area contributed by atoms with E-state index in [1.807, 2.05) is 0 Å². The van der Waals surface area contributed by atoms with E-state index in [0.717, 1.165) is 16.9 Å². The molecule has 0 radical (unpaired) electrons. The van der Waals surface area contributed by atoms with E-state index >= 15 is 0 Å². The SMILES string of the molecule is c1nc2c3c4c(sc3nnn2n1)CCCC4. The molecule has 0 saturated heterocycles. The Labute approximate surface area is 95.1 Å². The molecular formula is C10H9N5S. The van der Waals surface area contributed by atoms with E-state index in [1.165, 1.54) is 46.0 Å². The average Bonchev–Trinajstić information content (AvgIpc) is 2.91. The van der Waals surface area contributed by atoms with Crippen molar-refractivity contribution in [2.24, 2.45) is 0 Å². The summed E-state index contributed by atoms with van der Waals surface area (Å²) in [5.41, 5.74) is 2.28. The minimum Gasteiger partial charge on any atom is -0.213 e. The molecule has 0 saturated carbocycles. The summed E-state index contributed by atoms with van der Waals surface area (Å²) in [5.74, 6) is 0. The number of aromatic nitrogens is 5. The first-order valence-electron chi connectivity index (χ1n) is 5.40. The van der Waals surface area contributed by atoms with E-state index in [2.05, 4.69) is 20.4 Å². The standard InChI is InChI=1S/C10H9N5S/c1-2-4-7-6(3-1)8-9-11-5-12-15(9)14-13-10(8)16-7/h5H,1-4H2. The van der Waals surface area contributed by atoms with Crippen LogP contribution in [0.1, 0.15) is 23.3 Å². The summed E-state index contributed by atoms with van der Waals surface area (Å²) >= 11 is 1.76. The number of thiophene rings is 1. The van der Waals surface area contributed by atoms with Gasteiger partial charge in [-0.15, -0.1) is 26.2 Å². The van der Waals surface area contributed by atoms with Crippen LogP contribution in [0.3, 0.4) is 0 Å². The van der Waals surface area contributed by atoms with Crippen molar-refractivity contribution in [2.45, 2.75) is 25.7 Å². The summed E-state index contributed by atoms with van der Waals surface area (Å²) in [6, 6.07) is 0. The minimum absolute atomic E-state index is 0.851. The molecule has 1 aliphatic rings. The van der Waals surface area contributed by atoms with Crippen LogP contribution in [0.4, 0.5) is 0 Å². The highest BCUT2D eigenvalue weighted by molar-refractivity contribution is 7.19. The van der Waals surface area contributed by atoms with Crippen LogP contribution in [0.2, 0.25) is 0 Å². The summed E-state index contributed by atoms with van der Waals surface area (Å²) < 4.78 is 1.52. The number of hydrogen-bond donors (Lipinski definition) is 0. The molecule has 0 atom stereocenters. The van der Waals surface area contributed by atoms with Gasteiger partial charge in [0.25, 0.3) is 0 Å². The maximum atomic E-state index is 4.28. The monoisotopic (exact) mass is 231 g/mol. The Bertz CT molecular complexity index is 683. The summed E-state index contributed by atoms with van der Waals surface area (Å²) in [4.78, 5) is 6.75. The predicted octanol–water partition coefficient (Wildman–Crippen LogP) is 1.61. The molecule has 6 heteroatoms. The predicted molar refractivity (Wildman–Crippen MR) is 60.6 cm³/mol. The van der Waals surface area contributed by atoms with Gasteiger partial charge in [-0.2, -0.15) is 0 Å². The second kappa shape index (κ2) is 2.98. The summed E-state index contributed by atoms with van der Waals surface area (Å²) in [5, 5.41) is 13.4. The molecule has 80 valence electrons. The van der Waals surface area contributed by atoms with Crippen LogP contribution in [-0.4, -0.2) is 25.0 Å². The van der Waals surface area contributed by atoms with E-state index in [-0.39, 0.29) is 0 Å². The minimum atomic E-state index is 0.851. The lowest BCUT2D eigenvalue weighted by molar-refractivity contribution is 0.699. The normalized spacial score (nSPS) is 15.8. The fraction of sp³-hybridized carbons (Fsp3) is 0.400. The Hall–Kier alpha value is -1.56. The van der Waals surface area contributed by atoms with Gasteiger partial charge in [-0.3, -0.25) is 0 Å². The van der Waals surface area contributed by atoms with Gasteiger partial charge in [0.15, 0.2) is 10.5 Å². The summed E-state index contributed by atoms with van der Waals surface area (Å²) in [7, 11) is 0. The molecule has 0 spiro atoms. The number of fused-ring (bicyclic) bond motifs is 5. The van der Waals surface area contributed by atoms with Crippen LogP contribution >= 0.6 is 11.3 Å². The topological polar surface area (TPSA) is 56.0 Å². The number of hydrogen-bond acceptors (Lipinski definition) is 5. The van der Waals surface area contributed by atoms with Crippen LogP contribution < -0.4 is 0 Å². The van der Waals surface area contributed by atoms with Crippen LogP contribution in [0, 0.1) is 0 Å². The first-order chi connectivity index (χ1) is 7.93. The summed E-state index contributed by atoms with van der Waals surface area (Å²) in [6.45, 7) is 0. The molecule has 0 bridgehead atoms. The van der Waals surface area contributed by atoms with Gasteiger partial charge in [-0.25, -0.2) is 4.98 Å². The van der Waals surface area contributed by atoms with Crippen molar-refractivity contribution in [1.29, 1.82) is 0 Å². The third-order valence-corrected chi connectivity index (χ3v) is 4.30. The molecule has 4 rings (SSSR count). The maximum Gasteiger partial charge on any atom is 0.188 e. The number of rotatable bonds is 0. The molecule has 3 aromatic rings. The fourth-order valence-electron chi connectivity index (χ4n) is 2.40. The smallest absolute Gasteiger partial charge is 0.188 e. The van der Waals surface area contributed by atoms with Crippen molar-refractivity contribution in [1.82, 2.24) is 25.0 Å². The Kier molecular flexibility index (Phi) is 1.59. The van der Waals surface area contributed by atoms with Crippen molar-refractivity contribution in [3.63, 3.8) is 0 Å². The third-order valence-electron chi connectivity index (χ3n) is 3.13. The highest BCUT2D eigenvalue weighted by atomic mass is 32.1. The summed E-state index contributed by atoms with van der Waals surface area (Å²) in [6.07, 6.45) is 6.41. The lowest BCUT2D eigenvalue weighted by Gasteiger charge is -2.09. The molecule has 0 aromatic carbocycles. The largest absolute Gasteiger partial charge is 0.213 e. The van der Waals surface area contributed by atoms with E-state index < -0.39 is 0 Å². The van der Waals surface area contributed by atoms with Gasteiger partial charge >= 0.3 is 0 Å². The second-order valence-electron chi connectivity index (χ2n) is 4.05. The third kappa shape index (κ3) is 0.996. The molecule has 3 aromatic heterocycles. The molecule has 0 unspecified atom stereocenters. The van der Waals surface area contributed by atoms with Crippen molar-refractivity contribution >= 4 is 27.2 Å². The molecule has 0 aliphatic heterocycles. The lowest BCUT2D eigenvalue weighted by Crippen LogP contribution is -2.00. The first-order valence-corrected chi connectivity index (χ1v) is 6.22. The lowest BCUT2D eigenvalue weighted by atomic mass is 9.97. The van der Waals surface area contributed by atoms with E-state index in [4.69, 9.17) is 0 Å². The molecule has 16 heavy (non-hydrogen) atoms. The Morgan fingerprint density at radius 2 is 2.19 bits per heavy atom. The molecule has 5 nitrogen and oxygen atoms in total. The fourth-order valence-corrected chi connectivity index (χ4v) is 3.60. The van der Waals surface area contributed by atoms with Crippen LogP contribution in [-0.2, 0) is 12.8 Å². The highest BCUT2D eigenvalue weighted by Gasteiger charge is 2.20. The van der Waals surface area contributed by atoms with Gasteiger partial charge in [0.1, 0.15) is 6.33 Å². The molecule has 0 N–H and O–H groups in total. The molecule has 3 heterocycles. The van der Waals surface area contributed by atoms with Gasteiger partial charge < -0.3 is 0 Å². The highest BCUT2D eigenvalue weighted by Crippen LogP contribution is 2.36. The van der Waals surface area contributed by atoms with Crippen molar-refractivity contribution < 1.29 is 0 Å². The molecule has 1 aliphatic carbocycles. The van der Waals surface area contributed by atoms with Gasteiger partial charge in [0, 0.05) is 4.88 Å². The van der Waals surface area contributed by atoms with Gasteiger partial charge in [0.05, 0.1) is 5.39 Å². The van der Waals surface area contributed by atoms with Crippen LogP contribution in [0.15, 0.2) is 6.33 Å². The van der Waals surface area contributed by atoms with Crippen molar-refractivity contribution in [2.75, 3.05) is 0 Å². The Morgan fingerprint density at radius 3 is 3.19 bits per heavy atom. The van der Waals surface area contributed by atoms with E-state index in [1.54, 1.807) is 11.3 Å². The maximum absolute atomic E-state index is 4.28. The molecule has 0 amide bonds. The Morgan fingerprint density at radius 1 is 1.25 bits per heavy atom. The van der Waals surface area contributed by atoms with Crippen molar-refractivity contribution in [3.05, 3.63) is 16.8 Å². The number of nitrogens with zero attached hydrogens (tertiary/aromatic N) is 5. The zero-order chi connectivity index (χ0) is 10.5. The van der Waals surface area contributed by atoms with Crippen LogP contribution in [0.25, 0.3) is 15.9 Å². The molecule has 0 fully saturated rings. The zero-order valence-corrected chi connectivity index (χ0v) is 9.37. The zero-order valence-electron chi connectivity index (χ0n) is 8.55. The molecular weight excluding hydrogens is 222 g/mol. The van der Waals surface area contributed by atoms with E-state index in [9.17, 15) is 0 Å². The second-order valence-corrected chi connectivity index (χ2v) is 5.14. The van der Waals surface area contributed by atoms with Crippen LogP contribution in [0.5, 0.6) is 0 Å². The van der Waals surface area contributed by atoms with Gasteiger partial charge in [-0.1, -0.05) is 0 Å². The number of aryl methyl sites for hydroxylation is 2. The van der Waals surface area contributed by atoms with Gasteiger partial charge in [0.2, 0.25) is 0 Å². The van der Waals surface area contributed by atoms with E-state index in [0.29, 0.717) is 0 Å². The van der Waals surface area contributed by atoms with Crippen molar-refractivity contribution in [3.8, 4) is 0 Å². The Balaban J connectivity index is 2.21. The quantitative estimate of drug-likeness (QED) is 0.590. The average molecular weight is 231 g/mol. The van der Waals surface area contributed by atoms with Gasteiger partial charge in [-0.05, 0) is 36.5 Å². The first kappa shape index (κ1) is 8.58.